The minimum absolute atomic E-state index is 0.0877. The van der Waals surface area contributed by atoms with Gasteiger partial charge in [0.05, 0.1) is 7.11 Å². The van der Waals surface area contributed by atoms with Gasteiger partial charge in [-0.2, -0.15) is 0 Å². The van der Waals surface area contributed by atoms with Crippen molar-refractivity contribution in [1.29, 1.82) is 0 Å². The van der Waals surface area contributed by atoms with Gasteiger partial charge in [0.15, 0.2) is 11.5 Å². The fourth-order valence-corrected chi connectivity index (χ4v) is 1.63. The number of nitrogens with two attached hydrogens (primary N) is 1. The number of amidine groups is 1. The van der Waals surface area contributed by atoms with Crippen LogP contribution in [0.25, 0.3) is 0 Å². The Kier molecular flexibility index (Phi) is 4.39. The summed E-state index contributed by atoms with van der Waals surface area (Å²) in [5.74, 6) is 1.15. The van der Waals surface area contributed by atoms with E-state index in [1.54, 1.807) is 25.4 Å². The Morgan fingerprint density at radius 1 is 1.30 bits per heavy atom. The molecule has 0 aliphatic rings. The molecule has 6 nitrogen and oxygen atoms in total. The lowest BCUT2D eigenvalue weighted by Gasteiger charge is -2.10. The smallest absolute Gasteiger partial charge is 0.192 e. The van der Waals surface area contributed by atoms with Gasteiger partial charge in [-0.25, -0.2) is 4.98 Å². The van der Waals surface area contributed by atoms with Crippen LogP contribution in [-0.4, -0.2) is 23.1 Å². The fourth-order valence-electron chi connectivity index (χ4n) is 1.63. The molecule has 3 N–H and O–H groups in total. The average Bonchev–Trinajstić information content (AvgIpc) is 2.53. The van der Waals surface area contributed by atoms with E-state index in [4.69, 9.17) is 20.4 Å². The van der Waals surface area contributed by atoms with Crippen LogP contribution in [0.1, 0.15) is 11.3 Å². The largest absolute Gasteiger partial charge is 0.497 e. The standard InChI is InChI=1S/C14H15N3O3/c1-19-11-6-4-10(5-7-11)9-20-12-3-2-8-16-13(12)14(15)17-18/h2-8,18H,9H2,1H3,(H2,15,17). The molecule has 0 spiro atoms. The summed E-state index contributed by atoms with van der Waals surface area (Å²) >= 11 is 0. The molecule has 2 rings (SSSR count). The number of benzene rings is 1. The maximum absolute atomic E-state index is 8.71. The second-order valence-electron chi connectivity index (χ2n) is 3.97. The lowest BCUT2D eigenvalue weighted by Crippen LogP contribution is -2.16. The highest BCUT2D eigenvalue weighted by molar-refractivity contribution is 5.97. The van der Waals surface area contributed by atoms with Crippen molar-refractivity contribution in [1.82, 2.24) is 4.98 Å². The predicted octanol–water partition coefficient (Wildman–Crippen LogP) is 1.76. The van der Waals surface area contributed by atoms with Crippen LogP contribution < -0.4 is 15.2 Å². The summed E-state index contributed by atoms with van der Waals surface area (Å²) < 4.78 is 10.7. The highest BCUT2D eigenvalue weighted by Crippen LogP contribution is 2.18. The summed E-state index contributed by atoms with van der Waals surface area (Å²) in [4.78, 5) is 4.03. The third-order valence-electron chi connectivity index (χ3n) is 2.67. The lowest BCUT2D eigenvalue weighted by molar-refractivity contribution is 0.301. The zero-order valence-corrected chi connectivity index (χ0v) is 11.0. The number of pyridine rings is 1. The van der Waals surface area contributed by atoms with Crippen LogP contribution in [0.3, 0.4) is 0 Å². The SMILES string of the molecule is COc1ccc(COc2cccnc2C(N)=NO)cc1. The minimum Gasteiger partial charge on any atom is -0.497 e. The van der Waals surface area contributed by atoms with Gasteiger partial charge in [0, 0.05) is 6.20 Å². The molecule has 0 aliphatic heterocycles. The van der Waals surface area contributed by atoms with E-state index in [0.29, 0.717) is 18.1 Å². The maximum atomic E-state index is 8.71. The van der Waals surface area contributed by atoms with E-state index in [1.807, 2.05) is 24.3 Å². The Balaban J connectivity index is 2.10. The fraction of sp³-hybridized carbons (Fsp3) is 0.143. The summed E-state index contributed by atoms with van der Waals surface area (Å²) in [5.41, 5.74) is 6.82. The molecule has 0 unspecified atom stereocenters. The highest BCUT2D eigenvalue weighted by Gasteiger charge is 2.09. The first-order chi connectivity index (χ1) is 9.74. The van der Waals surface area contributed by atoms with Crippen LogP contribution in [0, 0.1) is 0 Å². The van der Waals surface area contributed by atoms with Gasteiger partial charge in [-0.05, 0) is 29.8 Å². The summed E-state index contributed by atoms with van der Waals surface area (Å²) in [5, 5.41) is 11.6. The van der Waals surface area contributed by atoms with E-state index in [1.165, 1.54) is 0 Å². The number of ether oxygens (including phenoxy) is 2. The van der Waals surface area contributed by atoms with Crippen LogP contribution in [0.15, 0.2) is 47.8 Å². The number of oxime groups is 1. The van der Waals surface area contributed by atoms with Crippen LogP contribution >= 0.6 is 0 Å². The van der Waals surface area contributed by atoms with Gasteiger partial charge in [0.25, 0.3) is 0 Å². The normalized spacial score (nSPS) is 11.2. The molecule has 0 amide bonds. The predicted molar refractivity (Wildman–Crippen MR) is 74.1 cm³/mol. The van der Waals surface area contributed by atoms with Gasteiger partial charge >= 0.3 is 0 Å². The van der Waals surface area contributed by atoms with E-state index in [0.717, 1.165) is 11.3 Å². The summed E-state index contributed by atoms with van der Waals surface area (Å²) in [7, 11) is 1.62. The molecule has 0 radical (unpaired) electrons. The van der Waals surface area contributed by atoms with Crippen molar-refractivity contribution in [2.45, 2.75) is 6.61 Å². The number of methoxy groups -OCH3 is 1. The summed E-state index contributed by atoms with van der Waals surface area (Å²) in [6.45, 7) is 0.349. The maximum Gasteiger partial charge on any atom is 0.192 e. The zero-order valence-electron chi connectivity index (χ0n) is 11.0. The van der Waals surface area contributed by atoms with E-state index in [9.17, 15) is 0 Å². The summed E-state index contributed by atoms with van der Waals surface area (Å²) in [6.07, 6.45) is 1.55. The van der Waals surface area contributed by atoms with Gasteiger partial charge in [-0.1, -0.05) is 17.3 Å². The molecule has 1 heterocycles. The van der Waals surface area contributed by atoms with Crippen LogP contribution in [-0.2, 0) is 6.61 Å². The Bertz CT molecular complexity index is 597. The van der Waals surface area contributed by atoms with Crippen molar-refractivity contribution in [2.75, 3.05) is 7.11 Å². The number of rotatable bonds is 5. The van der Waals surface area contributed by atoms with Crippen molar-refractivity contribution >= 4 is 5.84 Å². The zero-order chi connectivity index (χ0) is 14.4. The van der Waals surface area contributed by atoms with Crippen LogP contribution in [0.5, 0.6) is 11.5 Å². The monoisotopic (exact) mass is 273 g/mol. The summed E-state index contributed by atoms with van der Waals surface area (Å²) in [6, 6.07) is 10.9. The van der Waals surface area contributed by atoms with Crippen molar-refractivity contribution < 1.29 is 14.7 Å². The molecule has 0 aliphatic carbocycles. The Hall–Kier alpha value is -2.76. The molecule has 0 saturated carbocycles. The average molecular weight is 273 g/mol. The number of hydrogen-bond acceptors (Lipinski definition) is 5. The molecule has 0 atom stereocenters. The Labute approximate surface area is 116 Å². The van der Waals surface area contributed by atoms with Crippen molar-refractivity contribution in [3.63, 3.8) is 0 Å². The topological polar surface area (TPSA) is 90.0 Å². The molecule has 0 saturated heterocycles. The van der Waals surface area contributed by atoms with E-state index < -0.39 is 0 Å². The third kappa shape index (κ3) is 3.17. The second-order valence-corrected chi connectivity index (χ2v) is 3.97. The van der Waals surface area contributed by atoms with Gasteiger partial charge in [0.1, 0.15) is 18.1 Å². The Morgan fingerprint density at radius 2 is 2.05 bits per heavy atom. The first kappa shape index (κ1) is 13.7. The molecular formula is C14H15N3O3. The van der Waals surface area contributed by atoms with E-state index >= 15 is 0 Å². The number of nitrogens with zero attached hydrogens (tertiary/aromatic N) is 2. The molecule has 1 aromatic heterocycles. The third-order valence-corrected chi connectivity index (χ3v) is 2.67. The first-order valence-corrected chi connectivity index (χ1v) is 5.93. The van der Waals surface area contributed by atoms with Crippen LogP contribution in [0.2, 0.25) is 0 Å². The van der Waals surface area contributed by atoms with Crippen molar-refractivity contribution in [2.24, 2.45) is 10.9 Å². The second kappa shape index (κ2) is 6.42. The van der Waals surface area contributed by atoms with Gasteiger partial charge in [-0.15, -0.1) is 0 Å². The Morgan fingerprint density at radius 3 is 2.70 bits per heavy atom. The van der Waals surface area contributed by atoms with E-state index in [-0.39, 0.29) is 5.84 Å². The van der Waals surface area contributed by atoms with E-state index in [2.05, 4.69) is 10.1 Å². The van der Waals surface area contributed by atoms with Gasteiger partial charge < -0.3 is 20.4 Å². The molecule has 2 aromatic rings. The molecule has 104 valence electrons. The molecule has 0 bridgehead atoms. The number of aromatic nitrogens is 1. The molecule has 20 heavy (non-hydrogen) atoms. The first-order valence-electron chi connectivity index (χ1n) is 5.93. The van der Waals surface area contributed by atoms with Crippen molar-refractivity contribution in [3.05, 3.63) is 53.9 Å². The quantitative estimate of drug-likeness (QED) is 0.375. The number of hydrogen-bond donors (Lipinski definition) is 2. The highest BCUT2D eigenvalue weighted by atomic mass is 16.5. The van der Waals surface area contributed by atoms with Crippen LogP contribution in [0.4, 0.5) is 0 Å². The molecule has 6 heteroatoms. The molecular weight excluding hydrogens is 258 g/mol. The van der Waals surface area contributed by atoms with Gasteiger partial charge in [0.2, 0.25) is 0 Å². The molecule has 1 aromatic carbocycles. The van der Waals surface area contributed by atoms with Gasteiger partial charge in [-0.3, -0.25) is 0 Å². The van der Waals surface area contributed by atoms with Crippen molar-refractivity contribution in [3.8, 4) is 11.5 Å². The lowest BCUT2D eigenvalue weighted by atomic mass is 10.2. The molecule has 0 fully saturated rings. The minimum atomic E-state index is -0.0877.